The van der Waals surface area contributed by atoms with E-state index in [1.165, 1.54) is 0 Å². The van der Waals surface area contributed by atoms with Crippen LogP contribution in [-0.4, -0.2) is 12.4 Å². The van der Waals surface area contributed by atoms with Crippen molar-refractivity contribution < 1.29 is 9.53 Å². The third kappa shape index (κ3) is 3.17. The molecule has 2 unspecified atom stereocenters. The van der Waals surface area contributed by atoms with Crippen LogP contribution in [0.15, 0.2) is 30.3 Å². The smallest absolute Gasteiger partial charge is 0.168 e. The predicted molar refractivity (Wildman–Crippen MR) is 65.3 cm³/mol. The van der Waals surface area contributed by atoms with Gasteiger partial charge in [0.05, 0.1) is 0 Å². The Bertz CT molecular complexity index is 319. The van der Waals surface area contributed by atoms with Gasteiger partial charge < -0.3 is 4.74 Å². The molecular weight excluding hydrogens is 200 g/mol. The third-order valence-electron chi connectivity index (χ3n) is 2.79. The minimum atomic E-state index is -0.402. The first-order valence-corrected chi connectivity index (χ1v) is 5.91. The highest BCUT2D eigenvalue weighted by Crippen LogP contribution is 2.23. The van der Waals surface area contributed by atoms with Crippen LogP contribution < -0.4 is 0 Å². The molecule has 0 aliphatic rings. The van der Waals surface area contributed by atoms with E-state index in [0.717, 1.165) is 12.0 Å². The molecule has 0 aromatic heterocycles. The van der Waals surface area contributed by atoms with Crippen LogP contribution in [0.4, 0.5) is 0 Å². The van der Waals surface area contributed by atoms with E-state index in [2.05, 4.69) is 0 Å². The van der Waals surface area contributed by atoms with Crippen LogP contribution in [0.1, 0.15) is 38.9 Å². The lowest BCUT2D eigenvalue weighted by Gasteiger charge is -2.19. The molecule has 0 amide bonds. The van der Waals surface area contributed by atoms with E-state index in [0.29, 0.717) is 6.61 Å². The van der Waals surface area contributed by atoms with E-state index in [4.69, 9.17) is 4.74 Å². The second-order valence-corrected chi connectivity index (χ2v) is 3.96. The molecule has 0 saturated heterocycles. The molecule has 0 aliphatic carbocycles. The molecule has 0 radical (unpaired) electrons. The molecule has 16 heavy (non-hydrogen) atoms. The molecule has 0 spiro atoms. The molecule has 2 heteroatoms. The van der Waals surface area contributed by atoms with Gasteiger partial charge in [0.15, 0.2) is 5.78 Å². The first kappa shape index (κ1) is 12.9. The van der Waals surface area contributed by atoms with Gasteiger partial charge in [-0.2, -0.15) is 0 Å². The lowest BCUT2D eigenvalue weighted by Crippen LogP contribution is -2.22. The average Bonchev–Trinajstić information content (AvgIpc) is 2.35. The van der Waals surface area contributed by atoms with Crippen molar-refractivity contribution in [1.82, 2.24) is 0 Å². The fourth-order valence-electron chi connectivity index (χ4n) is 1.60. The number of benzene rings is 1. The van der Waals surface area contributed by atoms with Gasteiger partial charge in [-0.15, -0.1) is 0 Å². The summed E-state index contributed by atoms with van der Waals surface area (Å²) in [6, 6.07) is 9.71. The maximum atomic E-state index is 12.1. The highest BCUT2D eigenvalue weighted by molar-refractivity contribution is 5.86. The largest absolute Gasteiger partial charge is 0.366 e. The lowest BCUT2D eigenvalue weighted by molar-refractivity contribution is -0.134. The summed E-state index contributed by atoms with van der Waals surface area (Å²) in [6.45, 7) is 6.45. The van der Waals surface area contributed by atoms with Crippen molar-refractivity contribution in [2.24, 2.45) is 5.92 Å². The Labute approximate surface area is 97.6 Å². The maximum absolute atomic E-state index is 12.1. The molecule has 0 fully saturated rings. The highest BCUT2D eigenvalue weighted by atomic mass is 16.5. The standard InChI is InChI=1S/C14H20O2/c1-4-11(3)13(15)14(16-5-2)12-9-7-6-8-10-12/h6-11,14H,4-5H2,1-3H3. The van der Waals surface area contributed by atoms with E-state index in [1.807, 2.05) is 51.1 Å². The van der Waals surface area contributed by atoms with E-state index in [-0.39, 0.29) is 11.7 Å². The van der Waals surface area contributed by atoms with Gasteiger partial charge in [0.25, 0.3) is 0 Å². The molecular formula is C14H20O2. The molecule has 1 aromatic carbocycles. The Morgan fingerprint density at radius 2 is 1.88 bits per heavy atom. The summed E-state index contributed by atoms with van der Waals surface area (Å²) in [5.41, 5.74) is 0.953. The van der Waals surface area contributed by atoms with Crippen LogP contribution in [0.2, 0.25) is 0 Å². The molecule has 0 saturated carbocycles. The van der Waals surface area contributed by atoms with Crippen LogP contribution >= 0.6 is 0 Å². The lowest BCUT2D eigenvalue weighted by atomic mass is 9.95. The Balaban J connectivity index is 2.87. The number of ether oxygens (including phenoxy) is 1. The minimum absolute atomic E-state index is 0.0526. The predicted octanol–water partition coefficient (Wildman–Crippen LogP) is 3.38. The van der Waals surface area contributed by atoms with Gasteiger partial charge >= 0.3 is 0 Å². The van der Waals surface area contributed by atoms with Crippen molar-refractivity contribution in [1.29, 1.82) is 0 Å². The topological polar surface area (TPSA) is 26.3 Å². The van der Waals surface area contributed by atoms with E-state index in [9.17, 15) is 4.79 Å². The Morgan fingerprint density at radius 3 is 2.38 bits per heavy atom. The first-order chi connectivity index (χ1) is 7.70. The fraction of sp³-hybridized carbons (Fsp3) is 0.500. The summed E-state index contributed by atoms with van der Waals surface area (Å²) in [6.07, 6.45) is 0.455. The number of hydrogen-bond donors (Lipinski definition) is 0. The minimum Gasteiger partial charge on any atom is -0.366 e. The molecule has 2 atom stereocenters. The number of carbonyl (C=O) groups is 1. The third-order valence-corrected chi connectivity index (χ3v) is 2.79. The van der Waals surface area contributed by atoms with E-state index < -0.39 is 6.10 Å². The molecule has 1 rings (SSSR count). The Kier molecular flexibility index (Phi) is 5.20. The van der Waals surface area contributed by atoms with Crippen LogP contribution in [0, 0.1) is 5.92 Å². The number of ketones is 1. The maximum Gasteiger partial charge on any atom is 0.168 e. The van der Waals surface area contributed by atoms with Crippen LogP contribution in [-0.2, 0) is 9.53 Å². The Morgan fingerprint density at radius 1 is 1.25 bits per heavy atom. The molecule has 1 aromatic rings. The Hall–Kier alpha value is -1.15. The molecule has 0 bridgehead atoms. The zero-order chi connectivity index (χ0) is 12.0. The number of Topliss-reactive ketones (excluding diaryl/α,β-unsaturated/α-hetero) is 1. The molecule has 2 nitrogen and oxygen atoms in total. The summed E-state index contributed by atoms with van der Waals surface area (Å²) in [5, 5.41) is 0. The molecule has 0 heterocycles. The molecule has 88 valence electrons. The molecule has 0 N–H and O–H groups in total. The number of hydrogen-bond acceptors (Lipinski definition) is 2. The van der Waals surface area contributed by atoms with Gasteiger partial charge in [0, 0.05) is 12.5 Å². The summed E-state index contributed by atoms with van der Waals surface area (Å²) in [7, 11) is 0. The van der Waals surface area contributed by atoms with Crippen molar-refractivity contribution in [2.45, 2.75) is 33.3 Å². The monoisotopic (exact) mass is 220 g/mol. The van der Waals surface area contributed by atoms with Crippen LogP contribution in [0.5, 0.6) is 0 Å². The normalized spacial score (nSPS) is 14.4. The van der Waals surface area contributed by atoms with E-state index in [1.54, 1.807) is 0 Å². The number of carbonyl (C=O) groups excluding carboxylic acids is 1. The van der Waals surface area contributed by atoms with Crippen molar-refractivity contribution in [3.63, 3.8) is 0 Å². The summed E-state index contributed by atoms with van der Waals surface area (Å²) in [4.78, 5) is 12.1. The van der Waals surface area contributed by atoms with Crippen LogP contribution in [0.3, 0.4) is 0 Å². The summed E-state index contributed by atoms with van der Waals surface area (Å²) < 4.78 is 5.56. The second-order valence-electron chi connectivity index (χ2n) is 3.96. The first-order valence-electron chi connectivity index (χ1n) is 5.91. The zero-order valence-corrected chi connectivity index (χ0v) is 10.3. The second kappa shape index (κ2) is 6.44. The quantitative estimate of drug-likeness (QED) is 0.734. The zero-order valence-electron chi connectivity index (χ0n) is 10.3. The highest BCUT2D eigenvalue weighted by Gasteiger charge is 2.24. The van der Waals surface area contributed by atoms with Crippen molar-refractivity contribution >= 4 is 5.78 Å². The summed E-state index contributed by atoms with van der Waals surface area (Å²) >= 11 is 0. The van der Waals surface area contributed by atoms with Crippen molar-refractivity contribution in [2.75, 3.05) is 6.61 Å². The van der Waals surface area contributed by atoms with Gasteiger partial charge in [-0.3, -0.25) is 4.79 Å². The number of rotatable bonds is 6. The van der Waals surface area contributed by atoms with E-state index >= 15 is 0 Å². The van der Waals surface area contributed by atoms with Crippen LogP contribution in [0.25, 0.3) is 0 Å². The summed E-state index contributed by atoms with van der Waals surface area (Å²) in [5.74, 6) is 0.229. The van der Waals surface area contributed by atoms with Gasteiger partial charge in [-0.25, -0.2) is 0 Å². The molecule has 0 aliphatic heterocycles. The van der Waals surface area contributed by atoms with Crippen molar-refractivity contribution in [3.05, 3.63) is 35.9 Å². The van der Waals surface area contributed by atoms with Gasteiger partial charge in [-0.05, 0) is 18.9 Å². The van der Waals surface area contributed by atoms with Gasteiger partial charge in [0.2, 0.25) is 0 Å². The SMILES string of the molecule is CCOC(C(=O)C(C)CC)c1ccccc1. The van der Waals surface area contributed by atoms with Gasteiger partial charge in [0.1, 0.15) is 6.10 Å². The average molecular weight is 220 g/mol. The van der Waals surface area contributed by atoms with Crippen molar-refractivity contribution in [3.8, 4) is 0 Å². The fourth-order valence-corrected chi connectivity index (χ4v) is 1.60. The van der Waals surface area contributed by atoms with Gasteiger partial charge in [-0.1, -0.05) is 44.2 Å².